The quantitative estimate of drug-likeness (QED) is 0.548. The van der Waals surface area contributed by atoms with Crippen LogP contribution in [0.3, 0.4) is 0 Å². The Morgan fingerprint density at radius 1 is 0.962 bits per heavy atom. The highest BCUT2D eigenvalue weighted by Crippen LogP contribution is 2.21. The fourth-order valence-corrected chi connectivity index (χ4v) is 2.65. The fraction of sp³-hybridized carbons (Fsp3) is 0.0625. The molecule has 2 aromatic rings. The lowest BCUT2D eigenvalue weighted by atomic mass is 10.2. The second-order valence-corrected chi connectivity index (χ2v) is 6.49. The summed E-state index contributed by atoms with van der Waals surface area (Å²) in [6.07, 6.45) is 1.33. The number of rotatable bonds is 5. The first-order chi connectivity index (χ1) is 12.4. The van der Waals surface area contributed by atoms with Crippen LogP contribution in [-0.2, 0) is 9.63 Å². The van der Waals surface area contributed by atoms with Crippen molar-refractivity contribution in [1.29, 1.82) is 0 Å². The van der Waals surface area contributed by atoms with E-state index in [2.05, 4.69) is 16.0 Å². The normalized spacial score (nSPS) is 10.6. The average Bonchev–Trinajstić information content (AvgIpc) is 2.58. The maximum Gasteiger partial charge on any atom is 0.279 e. The van der Waals surface area contributed by atoms with Gasteiger partial charge in [-0.1, -0.05) is 57.6 Å². The first kappa shape index (κ1) is 20.3. The summed E-state index contributed by atoms with van der Waals surface area (Å²) in [6.45, 7) is -0.420. The summed E-state index contributed by atoms with van der Waals surface area (Å²) in [4.78, 5) is 28.4. The van der Waals surface area contributed by atoms with Crippen molar-refractivity contribution in [3.63, 3.8) is 0 Å². The van der Waals surface area contributed by atoms with Gasteiger partial charge in [0.2, 0.25) is 0 Å². The molecule has 0 aliphatic carbocycles. The molecular weight excluding hydrogens is 424 g/mol. The number of carbonyl (C=O) groups excluding carboxylic acids is 2. The van der Waals surface area contributed by atoms with Gasteiger partial charge < -0.3 is 4.84 Å². The van der Waals surface area contributed by atoms with Crippen LogP contribution in [-0.4, -0.2) is 24.6 Å². The van der Waals surface area contributed by atoms with E-state index in [0.29, 0.717) is 20.6 Å². The molecule has 0 saturated heterocycles. The molecule has 2 aromatic carbocycles. The summed E-state index contributed by atoms with van der Waals surface area (Å²) in [7, 11) is 0. The van der Waals surface area contributed by atoms with Crippen molar-refractivity contribution < 1.29 is 14.4 Å². The van der Waals surface area contributed by atoms with E-state index in [-0.39, 0.29) is 10.6 Å². The van der Waals surface area contributed by atoms with Crippen molar-refractivity contribution in [2.75, 3.05) is 6.61 Å². The Bertz CT molecular complexity index is 859. The Hall–Kier alpha value is -1.99. The molecule has 2 N–H and O–H groups in total. The molecule has 0 aliphatic rings. The van der Waals surface area contributed by atoms with Crippen LogP contribution in [0.1, 0.15) is 15.9 Å². The highest BCUT2D eigenvalue weighted by atomic mass is 35.5. The van der Waals surface area contributed by atoms with Gasteiger partial charge in [0, 0.05) is 15.6 Å². The number of benzene rings is 2. The van der Waals surface area contributed by atoms with E-state index in [9.17, 15) is 9.59 Å². The van der Waals surface area contributed by atoms with Crippen LogP contribution in [0.2, 0.25) is 20.1 Å². The van der Waals surface area contributed by atoms with Crippen molar-refractivity contribution in [1.82, 2.24) is 10.9 Å². The van der Waals surface area contributed by atoms with Gasteiger partial charge in [-0.3, -0.25) is 20.4 Å². The number of amides is 2. The smallest absolute Gasteiger partial charge is 0.279 e. The van der Waals surface area contributed by atoms with E-state index in [1.165, 1.54) is 24.4 Å². The molecule has 0 saturated carbocycles. The minimum atomic E-state index is -0.622. The lowest BCUT2D eigenvalue weighted by Crippen LogP contribution is -2.43. The number of oxime groups is 1. The Morgan fingerprint density at radius 2 is 1.62 bits per heavy atom. The van der Waals surface area contributed by atoms with Crippen molar-refractivity contribution in [2.24, 2.45) is 5.16 Å². The SMILES string of the molecule is O=C(CO/N=C\c1ccc(Cl)cc1Cl)NNC(=O)c1ccc(Cl)cc1Cl. The molecule has 0 fully saturated rings. The highest BCUT2D eigenvalue weighted by Gasteiger charge is 2.11. The number of hydrogen-bond acceptors (Lipinski definition) is 4. The zero-order valence-electron chi connectivity index (χ0n) is 12.9. The standard InChI is InChI=1S/C16H11Cl4N3O3/c17-10-2-1-9(13(19)5-10)7-21-26-8-15(24)22-23-16(25)12-4-3-11(18)6-14(12)20/h1-7H,8H2,(H,22,24)(H,23,25)/b21-7-. The van der Waals surface area contributed by atoms with Gasteiger partial charge >= 0.3 is 0 Å². The molecule has 0 bridgehead atoms. The van der Waals surface area contributed by atoms with E-state index in [1.807, 2.05) is 0 Å². The molecule has 0 unspecified atom stereocenters. The van der Waals surface area contributed by atoms with Crippen LogP contribution in [0.4, 0.5) is 0 Å². The van der Waals surface area contributed by atoms with Crippen LogP contribution in [0.15, 0.2) is 41.6 Å². The van der Waals surface area contributed by atoms with Crippen LogP contribution in [0, 0.1) is 0 Å². The molecular formula is C16H11Cl4N3O3. The third-order valence-electron chi connectivity index (χ3n) is 2.92. The molecule has 0 radical (unpaired) electrons. The molecule has 2 rings (SSSR count). The number of carbonyl (C=O) groups is 2. The third kappa shape index (κ3) is 6.07. The summed E-state index contributed by atoms with van der Waals surface area (Å²) in [5.41, 5.74) is 5.10. The van der Waals surface area contributed by atoms with Gasteiger partial charge in [0.1, 0.15) is 0 Å². The highest BCUT2D eigenvalue weighted by molar-refractivity contribution is 6.37. The summed E-state index contributed by atoms with van der Waals surface area (Å²) in [6, 6.07) is 9.19. The van der Waals surface area contributed by atoms with Crippen molar-refractivity contribution in [2.45, 2.75) is 0 Å². The van der Waals surface area contributed by atoms with Gasteiger partial charge in [-0.2, -0.15) is 0 Å². The number of nitrogens with one attached hydrogen (secondary N) is 2. The largest absolute Gasteiger partial charge is 0.386 e. The van der Waals surface area contributed by atoms with Gasteiger partial charge in [0.05, 0.1) is 21.8 Å². The minimum Gasteiger partial charge on any atom is -0.386 e. The number of hydrazine groups is 1. The molecule has 2 amide bonds. The predicted octanol–water partition coefficient (Wildman–Crippen LogP) is 4.11. The molecule has 136 valence electrons. The summed E-state index contributed by atoms with van der Waals surface area (Å²) >= 11 is 23.4. The van der Waals surface area contributed by atoms with Crippen molar-refractivity contribution in [3.8, 4) is 0 Å². The van der Waals surface area contributed by atoms with E-state index in [0.717, 1.165) is 0 Å². The van der Waals surface area contributed by atoms with Crippen molar-refractivity contribution >= 4 is 64.4 Å². The lowest BCUT2D eigenvalue weighted by Gasteiger charge is -2.08. The molecule has 0 spiro atoms. The second kappa shape index (κ2) is 9.64. The van der Waals surface area contributed by atoms with E-state index in [1.54, 1.807) is 18.2 Å². The Labute approximate surface area is 169 Å². The first-order valence-electron chi connectivity index (χ1n) is 7.01. The maximum atomic E-state index is 11.9. The van der Waals surface area contributed by atoms with Gasteiger partial charge in [-0.15, -0.1) is 0 Å². The zero-order valence-corrected chi connectivity index (χ0v) is 16.0. The van der Waals surface area contributed by atoms with Crippen LogP contribution < -0.4 is 10.9 Å². The van der Waals surface area contributed by atoms with Gasteiger partial charge in [0.25, 0.3) is 11.8 Å². The molecule has 0 atom stereocenters. The number of halogens is 4. The summed E-state index contributed by atoms with van der Waals surface area (Å²) < 4.78 is 0. The van der Waals surface area contributed by atoms with E-state index < -0.39 is 18.4 Å². The third-order valence-corrected chi connectivity index (χ3v) is 4.03. The number of nitrogens with zero attached hydrogens (tertiary/aromatic N) is 1. The van der Waals surface area contributed by atoms with Crippen LogP contribution >= 0.6 is 46.4 Å². The van der Waals surface area contributed by atoms with E-state index in [4.69, 9.17) is 51.2 Å². The summed E-state index contributed by atoms with van der Waals surface area (Å²) in [5, 5.41) is 5.05. The average molecular weight is 435 g/mol. The molecule has 6 nitrogen and oxygen atoms in total. The zero-order chi connectivity index (χ0) is 19.1. The first-order valence-corrected chi connectivity index (χ1v) is 8.52. The van der Waals surface area contributed by atoms with E-state index >= 15 is 0 Å². The monoisotopic (exact) mass is 433 g/mol. The topological polar surface area (TPSA) is 79.8 Å². The Morgan fingerprint density at radius 3 is 2.27 bits per heavy atom. The Balaban J connectivity index is 1.78. The molecule has 0 aromatic heterocycles. The fourth-order valence-electron chi connectivity index (χ4n) is 1.70. The summed E-state index contributed by atoms with van der Waals surface area (Å²) in [5.74, 6) is -1.22. The van der Waals surface area contributed by atoms with Gasteiger partial charge in [-0.25, -0.2) is 0 Å². The molecule has 0 heterocycles. The molecule has 10 heteroatoms. The predicted molar refractivity (Wildman–Crippen MR) is 102 cm³/mol. The van der Waals surface area contributed by atoms with Crippen molar-refractivity contribution in [3.05, 3.63) is 67.6 Å². The minimum absolute atomic E-state index is 0.157. The number of hydrogen-bond donors (Lipinski definition) is 2. The maximum absolute atomic E-state index is 11.9. The second-order valence-electron chi connectivity index (χ2n) is 4.80. The lowest BCUT2D eigenvalue weighted by molar-refractivity contribution is -0.126. The van der Waals surface area contributed by atoms with Gasteiger partial charge in [-0.05, 0) is 30.3 Å². The van der Waals surface area contributed by atoms with Gasteiger partial charge in [0.15, 0.2) is 6.61 Å². The molecule has 0 aliphatic heterocycles. The van der Waals surface area contributed by atoms with Crippen LogP contribution in [0.25, 0.3) is 0 Å². The van der Waals surface area contributed by atoms with Crippen LogP contribution in [0.5, 0.6) is 0 Å². The molecule has 26 heavy (non-hydrogen) atoms. The Kier molecular flexibility index (Phi) is 7.53.